The van der Waals surface area contributed by atoms with Crippen LogP contribution < -0.4 is 4.72 Å². The lowest BCUT2D eigenvalue weighted by Crippen LogP contribution is -2.39. The van der Waals surface area contributed by atoms with Crippen molar-refractivity contribution in [3.05, 3.63) is 41.8 Å². The summed E-state index contributed by atoms with van der Waals surface area (Å²) in [6, 6.07) is 3.85. The summed E-state index contributed by atoms with van der Waals surface area (Å²) in [4.78, 5) is 4.56. The Labute approximate surface area is 200 Å². The molecule has 13 heteroatoms. The highest BCUT2D eigenvalue weighted by Crippen LogP contribution is 2.40. The number of rotatable bonds is 7. The fourth-order valence-corrected chi connectivity index (χ4v) is 6.20. The Bertz CT molecular complexity index is 1320. The van der Waals surface area contributed by atoms with Crippen LogP contribution in [0.15, 0.2) is 33.9 Å². The lowest BCUT2D eigenvalue weighted by atomic mass is 9.91. The first-order chi connectivity index (χ1) is 16.7. The third-order valence-corrected chi connectivity index (χ3v) is 8.17. The summed E-state index contributed by atoms with van der Waals surface area (Å²) >= 11 is 0. The average Bonchev–Trinajstić information content (AvgIpc) is 3.32. The molecule has 2 aliphatic rings. The van der Waals surface area contributed by atoms with E-state index >= 15 is 0 Å². The number of nitrogens with one attached hydrogen (secondary N) is 1. The maximum absolute atomic E-state index is 13.3. The second-order valence-electron chi connectivity index (χ2n) is 9.10. The monoisotopic (exact) mass is 510 g/mol. The molecule has 0 radical (unpaired) electrons. The van der Waals surface area contributed by atoms with Gasteiger partial charge < -0.3 is 9.09 Å². The van der Waals surface area contributed by atoms with Gasteiger partial charge in [0.1, 0.15) is 6.33 Å². The number of alkyl halides is 3. The quantitative estimate of drug-likeness (QED) is 0.505. The second kappa shape index (κ2) is 9.01. The van der Waals surface area contributed by atoms with Crippen LogP contribution in [0.3, 0.4) is 0 Å². The molecule has 35 heavy (non-hydrogen) atoms. The van der Waals surface area contributed by atoms with Crippen molar-refractivity contribution in [3.8, 4) is 11.4 Å². The Morgan fingerprint density at radius 3 is 2.71 bits per heavy atom. The Kier molecular flexibility index (Phi) is 6.16. The molecule has 2 saturated carbocycles. The van der Waals surface area contributed by atoms with Gasteiger partial charge in [-0.3, -0.25) is 0 Å². The zero-order valence-corrected chi connectivity index (χ0v) is 19.8. The summed E-state index contributed by atoms with van der Waals surface area (Å²) in [6.45, 7) is 1.85. The van der Waals surface area contributed by atoms with E-state index in [4.69, 9.17) is 4.52 Å². The lowest BCUT2D eigenvalue weighted by Gasteiger charge is -2.31. The van der Waals surface area contributed by atoms with Crippen molar-refractivity contribution in [3.63, 3.8) is 0 Å². The standard InChI is InChI=1S/C22H25F3N6O3S/c1-2-13-10-15(19-27-20(34-29-19)14-6-7-14)8-9-18(13)35(32,33)30-16-4-3-5-17(11-16)31-12-26-28-21(31)22(23,24)25/h8-10,12,14,16-17,30H,2-7,11H2,1H3/t16-,17+/m0/s1. The molecule has 5 rings (SSSR count). The first-order valence-corrected chi connectivity index (χ1v) is 13.1. The average molecular weight is 511 g/mol. The topological polar surface area (TPSA) is 116 Å². The predicted octanol–water partition coefficient (Wildman–Crippen LogP) is 4.25. The molecule has 0 unspecified atom stereocenters. The molecule has 2 aliphatic carbocycles. The molecule has 0 aliphatic heterocycles. The highest BCUT2D eigenvalue weighted by Gasteiger charge is 2.40. The van der Waals surface area contributed by atoms with Gasteiger partial charge in [0.2, 0.25) is 27.6 Å². The molecule has 2 aromatic heterocycles. The Hall–Kier alpha value is -2.80. The lowest BCUT2D eigenvalue weighted by molar-refractivity contribution is -0.148. The van der Waals surface area contributed by atoms with E-state index in [9.17, 15) is 21.6 Å². The molecule has 0 saturated heterocycles. The number of hydrogen-bond donors (Lipinski definition) is 1. The number of nitrogens with zero attached hydrogens (tertiary/aromatic N) is 5. The minimum atomic E-state index is -4.63. The maximum Gasteiger partial charge on any atom is 0.451 e. The van der Waals surface area contributed by atoms with Gasteiger partial charge in [-0.2, -0.15) is 18.2 Å². The summed E-state index contributed by atoms with van der Waals surface area (Å²) < 4.78 is 75.4. The van der Waals surface area contributed by atoms with E-state index < -0.39 is 34.1 Å². The van der Waals surface area contributed by atoms with Crippen molar-refractivity contribution >= 4 is 10.0 Å². The predicted molar refractivity (Wildman–Crippen MR) is 118 cm³/mol. The second-order valence-corrected chi connectivity index (χ2v) is 10.8. The van der Waals surface area contributed by atoms with Gasteiger partial charge in [0, 0.05) is 23.6 Å². The van der Waals surface area contributed by atoms with Crippen LogP contribution in [0.25, 0.3) is 11.4 Å². The molecule has 1 aromatic carbocycles. The molecule has 0 amide bonds. The first-order valence-electron chi connectivity index (χ1n) is 11.6. The summed E-state index contributed by atoms with van der Waals surface area (Å²) in [7, 11) is -3.91. The van der Waals surface area contributed by atoms with Crippen LogP contribution in [0.5, 0.6) is 0 Å². The van der Waals surface area contributed by atoms with Gasteiger partial charge in [-0.15, -0.1) is 10.2 Å². The minimum absolute atomic E-state index is 0.136. The van der Waals surface area contributed by atoms with Gasteiger partial charge in [0.05, 0.1) is 4.90 Å². The van der Waals surface area contributed by atoms with Gasteiger partial charge in [-0.05, 0) is 68.7 Å². The molecule has 2 fully saturated rings. The summed E-state index contributed by atoms with van der Waals surface area (Å²) in [5.74, 6) is 0.268. The summed E-state index contributed by atoms with van der Waals surface area (Å²) in [5, 5.41) is 10.7. The van der Waals surface area contributed by atoms with Gasteiger partial charge in [0.25, 0.3) is 0 Å². The number of aryl methyl sites for hydroxylation is 1. The van der Waals surface area contributed by atoms with Crippen LogP contribution in [0.2, 0.25) is 0 Å². The maximum atomic E-state index is 13.3. The smallest absolute Gasteiger partial charge is 0.339 e. The van der Waals surface area contributed by atoms with Crippen LogP contribution in [0.4, 0.5) is 13.2 Å². The molecule has 9 nitrogen and oxygen atoms in total. The molecular formula is C22H25F3N6O3S. The van der Waals surface area contributed by atoms with Gasteiger partial charge in [-0.25, -0.2) is 13.1 Å². The largest absolute Gasteiger partial charge is 0.451 e. The number of benzene rings is 1. The van der Waals surface area contributed by atoms with Crippen molar-refractivity contribution in [1.82, 2.24) is 29.6 Å². The van der Waals surface area contributed by atoms with Crippen LogP contribution in [-0.4, -0.2) is 39.4 Å². The summed E-state index contributed by atoms with van der Waals surface area (Å²) in [5.41, 5.74) is 1.26. The third kappa shape index (κ3) is 4.96. The van der Waals surface area contributed by atoms with Crippen LogP contribution >= 0.6 is 0 Å². The first kappa shape index (κ1) is 23.9. The van der Waals surface area contributed by atoms with E-state index in [1.165, 1.54) is 6.07 Å². The van der Waals surface area contributed by atoms with Crippen molar-refractivity contribution in [2.24, 2.45) is 0 Å². The highest BCUT2D eigenvalue weighted by molar-refractivity contribution is 7.89. The van der Waals surface area contributed by atoms with E-state index in [0.717, 1.165) is 23.7 Å². The number of sulfonamides is 1. The van der Waals surface area contributed by atoms with Crippen LogP contribution in [0.1, 0.15) is 74.7 Å². The zero-order chi connectivity index (χ0) is 24.8. The van der Waals surface area contributed by atoms with Gasteiger partial charge >= 0.3 is 6.18 Å². The zero-order valence-electron chi connectivity index (χ0n) is 19.0. The fraction of sp³-hybridized carbons (Fsp3) is 0.545. The van der Waals surface area contributed by atoms with Crippen LogP contribution in [0, 0.1) is 0 Å². The van der Waals surface area contributed by atoms with E-state index in [1.54, 1.807) is 12.1 Å². The third-order valence-electron chi connectivity index (χ3n) is 6.55. The number of halogens is 3. The Morgan fingerprint density at radius 2 is 2.00 bits per heavy atom. The molecule has 0 spiro atoms. The van der Waals surface area contributed by atoms with E-state index in [1.807, 2.05) is 6.92 Å². The molecular weight excluding hydrogens is 485 g/mol. The molecule has 2 heterocycles. The normalized spacial score (nSPS) is 21.4. The van der Waals surface area contributed by atoms with Crippen molar-refractivity contribution in [2.75, 3.05) is 0 Å². The molecule has 3 aromatic rings. The molecule has 188 valence electrons. The van der Waals surface area contributed by atoms with E-state index in [0.29, 0.717) is 54.4 Å². The van der Waals surface area contributed by atoms with Gasteiger partial charge in [0.15, 0.2) is 0 Å². The Morgan fingerprint density at radius 1 is 1.20 bits per heavy atom. The molecule has 0 bridgehead atoms. The SMILES string of the molecule is CCc1cc(-c2noc(C3CC3)n2)ccc1S(=O)(=O)N[C@H]1CCC[C@@H](n2cnnc2C(F)(F)F)C1. The summed E-state index contributed by atoms with van der Waals surface area (Å²) in [6.07, 6.45) is 0.765. The molecule has 1 N–H and O–H groups in total. The number of hydrogen-bond acceptors (Lipinski definition) is 7. The number of aromatic nitrogens is 5. The highest BCUT2D eigenvalue weighted by atomic mass is 32.2. The van der Waals surface area contributed by atoms with Crippen molar-refractivity contribution in [2.45, 2.75) is 80.9 Å². The van der Waals surface area contributed by atoms with Gasteiger partial charge in [-0.1, -0.05) is 12.1 Å². The van der Waals surface area contributed by atoms with E-state index in [2.05, 4.69) is 25.1 Å². The van der Waals surface area contributed by atoms with Crippen molar-refractivity contribution in [1.29, 1.82) is 0 Å². The minimum Gasteiger partial charge on any atom is -0.339 e. The van der Waals surface area contributed by atoms with Crippen molar-refractivity contribution < 1.29 is 26.1 Å². The fourth-order valence-electron chi connectivity index (χ4n) is 4.62. The molecule has 2 atom stereocenters. The Balaban J connectivity index is 1.34. The van der Waals surface area contributed by atoms with Crippen LogP contribution in [-0.2, 0) is 22.6 Å². The van der Waals surface area contributed by atoms with E-state index in [-0.39, 0.29) is 11.3 Å².